The van der Waals surface area contributed by atoms with E-state index in [1.165, 1.54) is 12.1 Å². The van der Waals surface area contributed by atoms with Crippen molar-refractivity contribution in [3.8, 4) is 17.1 Å². The molecular weight excluding hydrogens is 587 g/mol. The zero-order valence-electron chi connectivity index (χ0n) is 19.0. The molecule has 0 unspecified atom stereocenters. The maximum atomic E-state index is 11.8. The molecule has 0 saturated heterocycles. The van der Waals surface area contributed by atoms with Crippen molar-refractivity contribution in [1.29, 1.82) is 0 Å². The normalized spacial score (nSPS) is 11.8. The average molecular weight is 606 g/mol. The predicted molar refractivity (Wildman–Crippen MR) is 147 cm³/mol. The van der Waals surface area contributed by atoms with Crippen LogP contribution in [0.3, 0.4) is 0 Å². The van der Waals surface area contributed by atoms with Gasteiger partial charge in [-0.3, -0.25) is 0 Å². The maximum Gasteiger partial charge on any atom is 0.238 e. The Morgan fingerprint density at radius 3 is 2.64 bits per heavy atom. The summed E-state index contributed by atoms with van der Waals surface area (Å²) in [6, 6.07) is 13.6. The Kier molecular flexibility index (Phi) is 6.34. The van der Waals surface area contributed by atoms with Crippen LogP contribution in [0.4, 0.5) is 11.4 Å². The van der Waals surface area contributed by atoms with Crippen molar-refractivity contribution < 1.29 is 8.42 Å². The molecule has 5 rings (SSSR count). The fourth-order valence-corrected chi connectivity index (χ4v) is 5.42. The van der Waals surface area contributed by atoms with E-state index < -0.39 is 10.0 Å². The van der Waals surface area contributed by atoms with Crippen LogP contribution >= 0.6 is 39.1 Å². The summed E-state index contributed by atoms with van der Waals surface area (Å²) in [6.45, 7) is 3.96. The molecule has 3 aromatic heterocycles. The van der Waals surface area contributed by atoms with Gasteiger partial charge in [-0.05, 0) is 72.2 Å². The Hall–Kier alpha value is -2.89. The minimum absolute atomic E-state index is 0.00348. The highest BCUT2D eigenvalue weighted by Crippen LogP contribution is 2.36. The molecule has 184 valence electrons. The quantitative estimate of drug-likeness (QED) is 0.211. The number of sulfonamides is 1. The number of nitrogens with two attached hydrogens (primary N) is 1. The Labute approximate surface area is 225 Å². The molecule has 0 aliphatic heterocycles. The molecule has 4 N–H and O–H groups in total. The number of aryl methyl sites for hydroxylation is 1. The second-order valence-corrected chi connectivity index (χ2v) is 11.4. The molecule has 12 heteroatoms. The number of aromatic amines is 1. The number of imidazole rings is 1. The first-order valence-corrected chi connectivity index (χ1v) is 13.7. The summed E-state index contributed by atoms with van der Waals surface area (Å²) in [7, 11) is -3.84. The maximum absolute atomic E-state index is 11.8. The topological polar surface area (TPSA) is 119 Å². The second kappa shape index (κ2) is 9.20. The first-order valence-electron chi connectivity index (χ1n) is 10.6. The molecule has 0 saturated carbocycles. The molecule has 0 aliphatic carbocycles. The molecule has 0 amide bonds. The number of halogens is 3. The first-order chi connectivity index (χ1) is 17.0. The SMILES string of the molecule is Cc1cc(-c2nc3c(Nc4cccc(S(N)(=O)=O)c4)c(Br)cnc3[nH]2)c(C)n1-c1cc(Cl)ccc1Cl. The molecule has 0 aliphatic rings. The Morgan fingerprint density at radius 1 is 1.11 bits per heavy atom. The van der Waals surface area contributed by atoms with E-state index >= 15 is 0 Å². The third-order valence-corrected chi connectivity index (χ3v) is 7.80. The summed E-state index contributed by atoms with van der Waals surface area (Å²) in [5, 5.41) is 9.69. The third-order valence-electron chi connectivity index (χ3n) is 5.73. The van der Waals surface area contributed by atoms with Gasteiger partial charge in [-0.25, -0.2) is 23.5 Å². The third kappa shape index (κ3) is 4.51. The van der Waals surface area contributed by atoms with E-state index in [2.05, 4.69) is 31.2 Å². The zero-order valence-corrected chi connectivity index (χ0v) is 22.9. The number of hydrogen-bond donors (Lipinski definition) is 3. The summed E-state index contributed by atoms with van der Waals surface area (Å²) in [5.74, 6) is 0.620. The predicted octanol–water partition coefficient (Wildman–Crippen LogP) is 6.49. The van der Waals surface area contributed by atoms with Gasteiger partial charge in [0.25, 0.3) is 0 Å². The molecule has 3 heterocycles. The molecule has 0 fully saturated rings. The summed E-state index contributed by atoms with van der Waals surface area (Å²) in [4.78, 5) is 12.6. The lowest BCUT2D eigenvalue weighted by Gasteiger charge is -2.12. The van der Waals surface area contributed by atoms with E-state index in [0.29, 0.717) is 42.9 Å². The van der Waals surface area contributed by atoms with Crippen LogP contribution in [0.2, 0.25) is 10.0 Å². The van der Waals surface area contributed by atoms with E-state index in [1.54, 1.807) is 30.5 Å². The van der Waals surface area contributed by atoms with Crippen LogP contribution < -0.4 is 10.5 Å². The van der Waals surface area contributed by atoms with Crippen LogP contribution in [-0.4, -0.2) is 27.9 Å². The van der Waals surface area contributed by atoms with E-state index in [4.69, 9.17) is 33.3 Å². The largest absolute Gasteiger partial charge is 0.353 e. The van der Waals surface area contributed by atoms with Crippen LogP contribution in [0.1, 0.15) is 11.4 Å². The molecule has 2 aromatic carbocycles. The van der Waals surface area contributed by atoms with Gasteiger partial charge in [-0.15, -0.1) is 0 Å². The van der Waals surface area contributed by atoms with Crippen LogP contribution in [-0.2, 0) is 10.0 Å². The summed E-state index contributed by atoms with van der Waals surface area (Å²) < 4.78 is 26.2. The number of anilines is 2. The monoisotopic (exact) mass is 604 g/mol. The molecule has 0 spiro atoms. The van der Waals surface area contributed by atoms with Crippen molar-refractivity contribution in [3.63, 3.8) is 0 Å². The van der Waals surface area contributed by atoms with Gasteiger partial charge in [-0.1, -0.05) is 29.3 Å². The molecule has 8 nitrogen and oxygen atoms in total. The summed E-state index contributed by atoms with van der Waals surface area (Å²) >= 11 is 16.2. The van der Waals surface area contributed by atoms with Gasteiger partial charge in [0.2, 0.25) is 10.0 Å². The number of fused-ring (bicyclic) bond motifs is 1. The fourth-order valence-electron chi connectivity index (χ4n) is 4.10. The zero-order chi connectivity index (χ0) is 25.8. The average Bonchev–Trinajstić information content (AvgIpc) is 3.37. The molecule has 0 atom stereocenters. The highest BCUT2D eigenvalue weighted by Gasteiger charge is 2.20. The Bertz CT molecular complexity index is 1760. The van der Waals surface area contributed by atoms with Crippen molar-refractivity contribution in [1.82, 2.24) is 19.5 Å². The number of nitrogens with one attached hydrogen (secondary N) is 2. The van der Waals surface area contributed by atoms with Gasteiger partial charge < -0.3 is 14.9 Å². The van der Waals surface area contributed by atoms with E-state index in [9.17, 15) is 8.42 Å². The lowest BCUT2D eigenvalue weighted by atomic mass is 10.2. The van der Waals surface area contributed by atoms with E-state index in [-0.39, 0.29) is 4.90 Å². The van der Waals surface area contributed by atoms with Gasteiger partial charge in [0.15, 0.2) is 5.65 Å². The van der Waals surface area contributed by atoms with Crippen molar-refractivity contribution in [3.05, 3.63) is 80.6 Å². The van der Waals surface area contributed by atoms with E-state index in [1.807, 2.05) is 30.5 Å². The fraction of sp³-hybridized carbons (Fsp3) is 0.0833. The van der Waals surface area contributed by atoms with Gasteiger partial charge in [0, 0.05) is 33.9 Å². The second-order valence-electron chi connectivity index (χ2n) is 8.18. The molecule has 36 heavy (non-hydrogen) atoms. The highest BCUT2D eigenvalue weighted by atomic mass is 79.9. The van der Waals surface area contributed by atoms with Crippen LogP contribution in [0.25, 0.3) is 28.2 Å². The summed E-state index contributed by atoms with van der Waals surface area (Å²) in [6.07, 6.45) is 1.64. The van der Waals surface area contributed by atoms with Crippen LogP contribution in [0.15, 0.2) is 64.1 Å². The van der Waals surface area contributed by atoms with Crippen LogP contribution in [0, 0.1) is 13.8 Å². The van der Waals surface area contributed by atoms with E-state index in [0.717, 1.165) is 22.6 Å². The number of rotatable bonds is 5. The van der Waals surface area contributed by atoms with Gasteiger partial charge >= 0.3 is 0 Å². The van der Waals surface area contributed by atoms with Crippen molar-refractivity contribution in [2.45, 2.75) is 18.7 Å². The lowest BCUT2D eigenvalue weighted by molar-refractivity contribution is 0.598. The van der Waals surface area contributed by atoms with Gasteiger partial charge in [0.1, 0.15) is 11.3 Å². The summed E-state index contributed by atoms with van der Waals surface area (Å²) in [5.41, 5.74) is 5.83. The smallest absolute Gasteiger partial charge is 0.238 e. The number of primary sulfonamides is 1. The minimum Gasteiger partial charge on any atom is -0.353 e. The number of H-pyrrole nitrogens is 1. The number of hydrogen-bond acceptors (Lipinski definition) is 5. The molecule has 5 aromatic rings. The van der Waals surface area contributed by atoms with Gasteiger partial charge in [0.05, 0.1) is 25.8 Å². The molecular formula is C24H19BrCl2N6O2S. The Balaban J connectivity index is 1.61. The lowest BCUT2D eigenvalue weighted by Crippen LogP contribution is -2.12. The number of benzene rings is 2. The highest BCUT2D eigenvalue weighted by molar-refractivity contribution is 9.10. The van der Waals surface area contributed by atoms with Crippen molar-refractivity contribution in [2.24, 2.45) is 5.14 Å². The van der Waals surface area contributed by atoms with Crippen LogP contribution in [0.5, 0.6) is 0 Å². The number of aromatic nitrogens is 4. The Morgan fingerprint density at radius 2 is 1.89 bits per heavy atom. The molecule has 0 bridgehead atoms. The standard InChI is InChI=1S/C24H19BrCl2N6O2S/c1-12-8-17(13(2)33(12)20-9-14(26)6-7-19(20)27)23-31-22-21(18(25)11-29-24(22)32-23)30-15-4-3-5-16(10-15)36(28,34)35/h3-11H,1-2H3,(H2,28,34,35)(H2,29,30,31,32). The molecule has 0 radical (unpaired) electrons. The van der Waals surface area contributed by atoms with Gasteiger partial charge in [-0.2, -0.15) is 0 Å². The van der Waals surface area contributed by atoms with Crippen molar-refractivity contribution >= 4 is 71.7 Å². The number of nitrogens with zero attached hydrogens (tertiary/aromatic N) is 3. The minimum atomic E-state index is -3.84. The number of pyridine rings is 1. The van der Waals surface area contributed by atoms with Crippen molar-refractivity contribution in [2.75, 3.05) is 5.32 Å². The first kappa shape index (κ1) is 24.8.